The van der Waals surface area contributed by atoms with Crippen LogP contribution in [-0.2, 0) is 0 Å². The summed E-state index contributed by atoms with van der Waals surface area (Å²) < 4.78 is 0. The molecule has 0 heterocycles. The summed E-state index contributed by atoms with van der Waals surface area (Å²) in [7, 11) is 0. The number of allylic oxidation sites excluding steroid dienone is 6. The van der Waals surface area contributed by atoms with Gasteiger partial charge in [0.15, 0.2) is 0 Å². The zero-order chi connectivity index (χ0) is 21.9. The summed E-state index contributed by atoms with van der Waals surface area (Å²) in [6.45, 7) is 16.8. The summed E-state index contributed by atoms with van der Waals surface area (Å²) in [5.74, 6) is 2.22. The van der Waals surface area contributed by atoms with E-state index < -0.39 is 0 Å². The van der Waals surface area contributed by atoms with Crippen LogP contribution in [0.2, 0.25) is 0 Å². The van der Waals surface area contributed by atoms with Gasteiger partial charge in [0, 0.05) is 0 Å². The Morgan fingerprint density at radius 3 is 2.53 bits per heavy atom. The number of fused-ring (bicyclic) bond motifs is 4. The first kappa shape index (κ1) is 22.4. The average Bonchev–Trinajstić information content (AvgIpc) is 3.02. The molecule has 0 aromatic rings. The fourth-order valence-corrected chi connectivity index (χ4v) is 8.41. The average molecular weight is 411 g/mol. The number of hydrogen-bond donors (Lipinski definition) is 1. The Kier molecular flexibility index (Phi) is 5.70. The second-order valence-electron chi connectivity index (χ2n) is 12.6. The smallest absolute Gasteiger partial charge is 0.0594 e. The molecule has 1 fully saturated rings. The molecule has 4 aliphatic rings. The van der Waals surface area contributed by atoms with E-state index in [0.29, 0.717) is 16.7 Å². The van der Waals surface area contributed by atoms with E-state index in [9.17, 15) is 5.11 Å². The second-order valence-corrected chi connectivity index (χ2v) is 12.6. The Morgan fingerprint density at radius 1 is 1.10 bits per heavy atom. The van der Waals surface area contributed by atoms with E-state index in [4.69, 9.17) is 0 Å². The predicted octanol–water partition coefficient (Wildman–Crippen LogP) is 8.01. The van der Waals surface area contributed by atoms with Crippen LogP contribution in [0, 0.1) is 34.0 Å². The van der Waals surface area contributed by atoms with E-state index >= 15 is 0 Å². The lowest BCUT2D eigenvalue weighted by Crippen LogP contribution is -2.53. The molecule has 6 atom stereocenters. The molecule has 0 amide bonds. The van der Waals surface area contributed by atoms with Crippen molar-refractivity contribution >= 4 is 0 Å². The molecule has 1 saturated carbocycles. The fourth-order valence-electron chi connectivity index (χ4n) is 8.41. The van der Waals surface area contributed by atoms with Gasteiger partial charge in [-0.25, -0.2) is 0 Å². The Balaban J connectivity index is 1.60. The maximum absolute atomic E-state index is 10.7. The Morgan fingerprint density at radius 2 is 1.83 bits per heavy atom. The molecule has 0 bridgehead atoms. The molecular weight excluding hydrogens is 364 g/mol. The van der Waals surface area contributed by atoms with Gasteiger partial charge in [-0.3, -0.25) is 0 Å². The van der Waals surface area contributed by atoms with Crippen molar-refractivity contribution in [1.82, 2.24) is 0 Å². The molecule has 1 N–H and O–H groups in total. The predicted molar refractivity (Wildman–Crippen MR) is 128 cm³/mol. The van der Waals surface area contributed by atoms with E-state index in [1.807, 2.05) is 0 Å². The molecule has 4 rings (SSSR count). The van der Waals surface area contributed by atoms with Crippen molar-refractivity contribution in [2.24, 2.45) is 34.0 Å². The highest BCUT2D eigenvalue weighted by Crippen LogP contribution is 2.66. The van der Waals surface area contributed by atoms with Gasteiger partial charge in [0.05, 0.1) is 6.10 Å². The Hall–Kier alpha value is -0.820. The molecule has 0 aromatic carbocycles. The number of hydrogen-bond acceptors (Lipinski definition) is 1. The van der Waals surface area contributed by atoms with Crippen LogP contribution >= 0.6 is 0 Å². The molecule has 1 heteroatoms. The van der Waals surface area contributed by atoms with E-state index in [0.717, 1.165) is 18.3 Å². The van der Waals surface area contributed by atoms with Crippen LogP contribution in [0.5, 0.6) is 0 Å². The lowest BCUT2D eigenvalue weighted by Gasteiger charge is -2.59. The highest BCUT2D eigenvalue weighted by atomic mass is 16.3. The minimum absolute atomic E-state index is 0.0400. The summed E-state index contributed by atoms with van der Waals surface area (Å²) in [6, 6.07) is 0. The van der Waals surface area contributed by atoms with Gasteiger partial charge < -0.3 is 5.11 Å². The highest BCUT2D eigenvalue weighted by molar-refractivity contribution is 5.49. The topological polar surface area (TPSA) is 20.2 Å². The third kappa shape index (κ3) is 3.30. The van der Waals surface area contributed by atoms with Crippen LogP contribution in [0.4, 0.5) is 0 Å². The number of rotatable bonds is 4. The summed E-state index contributed by atoms with van der Waals surface area (Å²) in [6.07, 6.45) is 16.0. The maximum atomic E-state index is 10.7. The molecular formula is C29H46O. The Bertz CT molecular complexity index is 776. The van der Waals surface area contributed by atoms with Gasteiger partial charge in [-0.1, -0.05) is 57.9 Å². The van der Waals surface area contributed by atoms with Gasteiger partial charge >= 0.3 is 0 Å². The minimum atomic E-state index is -0.136. The first-order valence-corrected chi connectivity index (χ1v) is 12.8. The quantitative estimate of drug-likeness (QED) is 0.465. The summed E-state index contributed by atoms with van der Waals surface area (Å²) in [5.41, 5.74) is 7.47. The van der Waals surface area contributed by atoms with Crippen LogP contribution in [-0.4, -0.2) is 11.2 Å². The third-order valence-corrected chi connectivity index (χ3v) is 10.3. The van der Waals surface area contributed by atoms with Crippen LogP contribution in [0.1, 0.15) is 106 Å². The van der Waals surface area contributed by atoms with Crippen LogP contribution in [0.25, 0.3) is 0 Å². The lowest BCUT2D eigenvalue weighted by molar-refractivity contribution is -0.0905. The highest BCUT2D eigenvalue weighted by Gasteiger charge is 2.57. The van der Waals surface area contributed by atoms with Crippen molar-refractivity contribution in [3.63, 3.8) is 0 Å². The molecule has 0 spiro atoms. The summed E-state index contributed by atoms with van der Waals surface area (Å²) in [5, 5.41) is 10.7. The van der Waals surface area contributed by atoms with Gasteiger partial charge in [-0.05, 0) is 117 Å². The molecule has 4 aliphatic carbocycles. The maximum Gasteiger partial charge on any atom is 0.0594 e. The first-order chi connectivity index (χ1) is 14.0. The molecule has 0 aromatic heterocycles. The minimum Gasteiger partial charge on any atom is -0.393 e. The van der Waals surface area contributed by atoms with E-state index in [-0.39, 0.29) is 11.5 Å². The van der Waals surface area contributed by atoms with Gasteiger partial charge in [0.25, 0.3) is 0 Å². The van der Waals surface area contributed by atoms with Crippen molar-refractivity contribution in [3.05, 3.63) is 34.4 Å². The summed E-state index contributed by atoms with van der Waals surface area (Å²) >= 11 is 0. The van der Waals surface area contributed by atoms with Gasteiger partial charge in [0.1, 0.15) is 0 Å². The van der Waals surface area contributed by atoms with Crippen molar-refractivity contribution in [2.75, 3.05) is 0 Å². The standard InChI is InChI=1S/C29H46O/c1-19(2)9-8-10-20(3)22-12-13-23-21-11-14-25-27(4,5)26(30)16-18-29(25,7)24(21)15-17-28(22,23)6/h9,13,20,22,25-26,30H,8,10-12,14-18H2,1-7H3/t20?,22?,25-,26-,28+,29+/m0/s1. The largest absolute Gasteiger partial charge is 0.393 e. The monoisotopic (exact) mass is 410 g/mol. The molecule has 2 unspecified atom stereocenters. The van der Waals surface area contributed by atoms with Gasteiger partial charge in [0.2, 0.25) is 0 Å². The fraction of sp³-hybridized carbons (Fsp3) is 0.793. The molecule has 0 aliphatic heterocycles. The van der Waals surface area contributed by atoms with Crippen molar-refractivity contribution in [2.45, 2.75) is 112 Å². The van der Waals surface area contributed by atoms with Crippen LogP contribution < -0.4 is 0 Å². The first-order valence-electron chi connectivity index (χ1n) is 12.8. The zero-order valence-corrected chi connectivity index (χ0v) is 20.8. The molecule has 1 nitrogen and oxygen atoms in total. The van der Waals surface area contributed by atoms with Gasteiger partial charge in [-0.2, -0.15) is 0 Å². The SMILES string of the molecule is CC(C)=CCCC(C)C1CC=C2C3=C(CC[C@@]21C)[C@@]1(C)CC[C@H](O)C(C)(C)[C@@H]1CC3. The molecule has 168 valence electrons. The lowest BCUT2D eigenvalue weighted by atomic mass is 9.46. The van der Waals surface area contributed by atoms with Crippen molar-refractivity contribution < 1.29 is 5.11 Å². The Labute approximate surface area is 186 Å². The van der Waals surface area contributed by atoms with Crippen molar-refractivity contribution in [3.8, 4) is 0 Å². The van der Waals surface area contributed by atoms with Gasteiger partial charge in [-0.15, -0.1) is 0 Å². The summed E-state index contributed by atoms with van der Waals surface area (Å²) in [4.78, 5) is 0. The molecule has 0 radical (unpaired) electrons. The normalized spacial score (nSPS) is 40.8. The van der Waals surface area contributed by atoms with E-state index in [1.165, 1.54) is 56.9 Å². The third-order valence-electron chi connectivity index (χ3n) is 10.3. The molecule has 0 saturated heterocycles. The van der Waals surface area contributed by atoms with Crippen LogP contribution in [0.15, 0.2) is 34.4 Å². The van der Waals surface area contributed by atoms with Crippen LogP contribution in [0.3, 0.4) is 0 Å². The number of aliphatic hydroxyl groups is 1. The zero-order valence-electron chi connectivity index (χ0n) is 20.8. The van der Waals surface area contributed by atoms with E-state index in [2.05, 4.69) is 60.6 Å². The van der Waals surface area contributed by atoms with Crippen molar-refractivity contribution in [1.29, 1.82) is 0 Å². The van der Waals surface area contributed by atoms with E-state index in [1.54, 1.807) is 16.7 Å². The molecule has 30 heavy (non-hydrogen) atoms. The second kappa shape index (κ2) is 7.65. The number of aliphatic hydroxyl groups excluding tert-OH is 1.